The van der Waals surface area contributed by atoms with Gasteiger partial charge in [0.2, 0.25) is 11.8 Å². The Balaban J connectivity index is 1.20. The standard InChI is InChI=1S/C31H30FN3O3/c32-28-23(11-12-24-25(28)19-35(31(24)38)26-13-14-27(36)33-30(26)37)20-15-17-34(18-16-20)29(21-7-3-1-4-8-21)22-9-5-2-6-10-22/h1-12,20,26,29H,13-19H2,(H,33,36,37). The number of fused-ring (bicyclic) bond motifs is 1. The maximum Gasteiger partial charge on any atom is 0.255 e. The second kappa shape index (κ2) is 10.1. The van der Waals surface area contributed by atoms with Crippen LogP contribution in [0.2, 0.25) is 0 Å². The summed E-state index contributed by atoms with van der Waals surface area (Å²) in [5, 5.41) is 2.30. The molecule has 3 aliphatic heterocycles. The molecule has 3 aliphatic rings. The molecule has 1 unspecified atom stereocenters. The monoisotopic (exact) mass is 511 g/mol. The molecule has 0 aliphatic carbocycles. The molecule has 3 aromatic rings. The van der Waals surface area contributed by atoms with Crippen LogP contribution in [-0.2, 0) is 16.1 Å². The summed E-state index contributed by atoms with van der Waals surface area (Å²) in [5.74, 6) is -1.43. The Hall–Kier alpha value is -3.84. The van der Waals surface area contributed by atoms with Crippen molar-refractivity contribution in [3.63, 3.8) is 0 Å². The number of nitrogens with one attached hydrogen (secondary N) is 1. The van der Waals surface area contributed by atoms with Crippen LogP contribution in [0.3, 0.4) is 0 Å². The lowest BCUT2D eigenvalue weighted by Crippen LogP contribution is -2.52. The molecule has 1 atom stereocenters. The highest BCUT2D eigenvalue weighted by Crippen LogP contribution is 2.39. The van der Waals surface area contributed by atoms with Gasteiger partial charge >= 0.3 is 0 Å². The van der Waals surface area contributed by atoms with Gasteiger partial charge in [-0.2, -0.15) is 0 Å². The predicted octanol–water partition coefficient (Wildman–Crippen LogP) is 4.56. The Bertz CT molecular complexity index is 1330. The van der Waals surface area contributed by atoms with Crippen LogP contribution in [-0.4, -0.2) is 46.7 Å². The minimum atomic E-state index is -0.744. The smallest absolute Gasteiger partial charge is 0.255 e. The Morgan fingerprint density at radius 3 is 2.05 bits per heavy atom. The highest BCUT2D eigenvalue weighted by molar-refractivity contribution is 6.05. The largest absolute Gasteiger partial charge is 0.322 e. The second-order valence-electron chi connectivity index (χ2n) is 10.4. The van der Waals surface area contributed by atoms with Gasteiger partial charge in [0.1, 0.15) is 11.9 Å². The molecule has 0 bridgehead atoms. The number of amides is 3. The van der Waals surface area contributed by atoms with E-state index in [1.54, 1.807) is 12.1 Å². The molecule has 3 aromatic carbocycles. The molecule has 0 radical (unpaired) electrons. The molecule has 2 fully saturated rings. The number of imide groups is 1. The lowest BCUT2D eigenvalue weighted by molar-refractivity contribution is -0.136. The van der Waals surface area contributed by atoms with Gasteiger partial charge in [0.15, 0.2) is 0 Å². The van der Waals surface area contributed by atoms with Crippen molar-refractivity contribution in [2.24, 2.45) is 0 Å². The van der Waals surface area contributed by atoms with Gasteiger partial charge in [0.25, 0.3) is 5.91 Å². The van der Waals surface area contributed by atoms with Crippen LogP contribution in [0.25, 0.3) is 0 Å². The van der Waals surface area contributed by atoms with Crippen molar-refractivity contribution in [2.45, 2.75) is 50.2 Å². The highest BCUT2D eigenvalue weighted by atomic mass is 19.1. The molecule has 3 heterocycles. The molecule has 2 saturated heterocycles. The maximum absolute atomic E-state index is 15.9. The number of carbonyl (C=O) groups excluding carboxylic acids is 3. The molecule has 194 valence electrons. The topological polar surface area (TPSA) is 69.7 Å². The Morgan fingerprint density at radius 2 is 1.45 bits per heavy atom. The van der Waals surface area contributed by atoms with Crippen LogP contribution in [0.1, 0.15) is 70.3 Å². The first kappa shape index (κ1) is 24.5. The van der Waals surface area contributed by atoms with Gasteiger partial charge in [0, 0.05) is 17.5 Å². The van der Waals surface area contributed by atoms with Gasteiger partial charge in [-0.25, -0.2) is 4.39 Å². The predicted molar refractivity (Wildman–Crippen MR) is 141 cm³/mol. The molecule has 6 nitrogen and oxygen atoms in total. The van der Waals surface area contributed by atoms with E-state index in [9.17, 15) is 14.4 Å². The SMILES string of the molecule is O=C1CCC(N2Cc3c(ccc(C4CCN(C(c5ccccc5)c5ccccc5)CC4)c3F)C2=O)C(=O)N1. The first-order valence-corrected chi connectivity index (χ1v) is 13.3. The fourth-order valence-corrected chi connectivity index (χ4v) is 6.29. The number of benzene rings is 3. The van der Waals surface area contributed by atoms with Crippen molar-refractivity contribution in [1.82, 2.24) is 15.1 Å². The number of hydrogen-bond donors (Lipinski definition) is 1. The van der Waals surface area contributed by atoms with Gasteiger partial charge in [-0.15, -0.1) is 0 Å². The van der Waals surface area contributed by atoms with Crippen molar-refractivity contribution in [3.8, 4) is 0 Å². The number of halogens is 1. The zero-order valence-electron chi connectivity index (χ0n) is 21.1. The molecule has 1 N–H and O–H groups in total. The van der Waals surface area contributed by atoms with Crippen LogP contribution in [0.15, 0.2) is 72.8 Å². The average molecular weight is 512 g/mol. The molecule has 3 amide bonds. The summed E-state index contributed by atoms with van der Waals surface area (Å²) in [5.41, 5.74) is 3.82. The summed E-state index contributed by atoms with van der Waals surface area (Å²) in [6.07, 6.45) is 2.07. The Kier molecular flexibility index (Phi) is 6.54. The fourth-order valence-electron chi connectivity index (χ4n) is 6.29. The van der Waals surface area contributed by atoms with E-state index in [4.69, 9.17) is 0 Å². The van der Waals surface area contributed by atoms with Crippen LogP contribution in [0.5, 0.6) is 0 Å². The number of piperidine rings is 2. The fraction of sp³-hybridized carbons (Fsp3) is 0.323. The third-order valence-electron chi connectivity index (χ3n) is 8.24. The van der Waals surface area contributed by atoms with Gasteiger partial charge in [-0.1, -0.05) is 66.7 Å². The summed E-state index contributed by atoms with van der Waals surface area (Å²) in [6.45, 7) is 1.72. The van der Waals surface area contributed by atoms with E-state index in [0.717, 1.165) is 25.9 Å². The summed E-state index contributed by atoms with van der Waals surface area (Å²) in [7, 11) is 0. The molecule has 0 aromatic heterocycles. The minimum absolute atomic E-state index is 0.0586. The average Bonchev–Trinajstić information content (AvgIpc) is 3.28. The molecule has 38 heavy (non-hydrogen) atoms. The van der Waals surface area contributed by atoms with E-state index in [0.29, 0.717) is 16.7 Å². The quantitative estimate of drug-likeness (QED) is 0.510. The zero-order chi connectivity index (χ0) is 26.2. The zero-order valence-corrected chi connectivity index (χ0v) is 21.1. The molecular formula is C31H30FN3O3. The van der Waals surface area contributed by atoms with E-state index in [1.807, 2.05) is 12.1 Å². The van der Waals surface area contributed by atoms with Crippen LogP contribution >= 0.6 is 0 Å². The third kappa shape index (κ3) is 4.41. The summed E-state index contributed by atoms with van der Waals surface area (Å²) in [6, 6.07) is 23.8. The molecule has 6 rings (SSSR count). The first-order chi connectivity index (χ1) is 18.5. The molecule has 0 spiro atoms. The van der Waals surface area contributed by atoms with Crippen molar-refractivity contribution in [1.29, 1.82) is 0 Å². The van der Waals surface area contributed by atoms with Gasteiger partial charge in [-0.3, -0.25) is 24.6 Å². The molecular weight excluding hydrogens is 481 g/mol. The number of likely N-dealkylation sites (tertiary alicyclic amines) is 1. The summed E-state index contributed by atoms with van der Waals surface area (Å²) in [4.78, 5) is 40.8. The van der Waals surface area contributed by atoms with Crippen molar-refractivity contribution < 1.29 is 18.8 Å². The first-order valence-electron chi connectivity index (χ1n) is 13.3. The van der Waals surface area contributed by atoms with Crippen molar-refractivity contribution >= 4 is 17.7 Å². The van der Waals surface area contributed by atoms with Crippen molar-refractivity contribution in [3.05, 3.63) is 106 Å². The van der Waals surface area contributed by atoms with Crippen LogP contribution in [0.4, 0.5) is 4.39 Å². The van der Waals surface area contributed by atoms with Crippen molar-refractivity contribution in [2.75, 3.05) is 13.1 Å². The van der Waals surface area contributed by atoms with E-state index in [2.05, 4.69) is 58.7 Å². The summed E-state index contributed by atoms with van der Waals surface area (Å²) < 4.78 is 15.9. The van der Waals surface area contributed by atoms with E-state index < -0.39 is 11.9 Å². The number of nitrogens with zero attached hydrogens (tertiary/aromatic N) is 2. The van der Waals surface area contributed by atoms with E-state index >= 15 is 4.39 Å². The molecule has 7 heteroatoms. The van der Waals surface area contributed by atoms with Gasteiger partial charge < -0.3 is 4.90 Å². The number of hydrogen-bond acceptors (Lipinski definition) is 4. The van der Waals surface area contributed by atoms with Crippen LogP contribution < -0.4 is 5.32 Å². The summed E-state index contributed by atoms with van der Waals surface area (Å²) >= 11 is 0. The molecule has 0 saturated carbocycles. The van der Waals surface area contributed by atoms with Crippen LogP contribution in [0, 0.1) is 5.82 Å². The Labute approximate surface area is 221 Å². The van der Waals surface area contributed by atoms with Gasteiger partial charge in [0.05, 0.1) is 12.6 Å². The lowest BCUT2D eigenvalue weighted by Gasteiger charge is -2.38. The number of rotatable bonds is 5. The minimum Gasteiger partial charge on any atom is -0.322 e. The normalized spacial score (nSPS) is 20.6. The second-order valence-corrected chi connectivity index (χ2v) is 10.4. The van der Waals surface area contributed by atoms with E-state index in [1.165, 1.54) is 16.0 Å². The highest BCUT2D eigenvalue weighted by Gasteiger charge is 2.41. The lowest BCUT2D eigenvalue weighted by atomic mass is 9.85. The Morgan fingerprint density at radius 1 is 0.816 bits per heavy atom. The third-order valence-corrected chi connectivity index (χ3v) is 8.24. The number of carbonyl (C=O) groups is 3. The maximum atomic E-state index is 15.9. The van der Waals surface area contributed by atoms with E-state index in [-0.39, 0.29) is 49.0 Å². The van der Waals surface area contributed by atoms with Gasteiger partial charge in [-0.05, 0) is 61.0 Å².